The SMILES string of the molecule is O=C(c1ccc(Cn2ccnc2)o1)N1CCCC[C@@H]1CN1CCOCC1. The Morgan fingerprint density at radius 2 is 2.08 bits per heavy atom. The van der Waals surface area contributed by atoms with Gasteiger partial charge in [-0.25, -0.2) is 4.98 Å². The van der Waals surface area contributed by atoms with Crippen molar-refractivity contribution >= 4 is 5.91 Å². The van der Waals surface area contributed by atoms with Crippen molar-refractivity contribution in [1.82, 2.24) is 19.4 Å². The van der Waals surface area contributed by atoms with Gasteiger partial charge in [0.2, 0.25) is 0 Å². The van der Waals surface area contributed by atoms with E-state index in [1.165, 1.54) is 6.42 Å². The van der Waals surface area contributed by atoms with Crippen LogP contribution >= 0.6 is 0 Å². The van der Waals surface area contributed by atoms with Crippen molar-refractivity contribution in [3.8, 4) is 0 Å². The fourth-order valence-corrected chi connectivity index (χ4v) is 3.82. The molecule has 1 atom stereocenters. The van der Waals surface area contributed by atoms with Gasteiger partial charge in [-0.1, -0.05) is 0 Å². The summed E-state index contributed by atoms with van der Waals surface area (Å²) in [7, 11) is 0. The second kappa shape index (κ2) is 8.05. The van der Waals surface area contributed by atoms with E-state index in [0.29, 0.717) is 12.3 Å². The Labute approximate surface area is 153 Å². The van der Waals surface area contributed by atoms with Crippen LogP contribution in [0.3, 0.4) is 0 Å². The van der Waals surface area contributed by atoms with Gasteiger partial charge in [-0.05, 0) is 31.4 Å². The zero-order valence-corrected chi connectivity index (χ0v) is 15.0. The third-order valence-electron chi connectivity index (χ3n) is 5.23. The number of ether oxygens (including phenoxy) is 1. The standard InChI is InChI=1S/C19H26N4O3/c24-19(18-5-4-17(26-18)14-22-8-6-20-15-22)23-7-2-1-3-16(23)13-21-9-11-25-12-10-21/h4-6,8,15-16H,1-3,7,9-14H2/t16-/m1/s1. The summed E-state index contributed by atoms with van der Waals surface area (Å²) in [6, 6.07) is 3.94. The Hall–Kier alpha value is -2.12. The molecule has 140 valence electrons. The van der Waals surface area contributed by atoms with E-state index < -0.39 is 0 Å². The number of amides is 1. The molecule has 1 amide bonds. The van der Waals surface area contributed by atoms with Gasteiger partial charge in [0.25, 0.3) is 5.91 Å². The van der Waals surface area contributed by atoms with E-state index in [-0.39, 0.29) is 11.9 Å². The molecule has 0 aliphatic carbocycles. The average Bonchev–Trinajstić information content (AvgIpc) is 3.35. The summed E-state index contributed by atoms with van der Waals surface area (Å²) in [5.41, 5.74) is 0. The highest BCUT2D eigenvalue weighted by Gasteiger charge is 2.30. The Kier molecular flexibility index (Phi) is 5.36. The summed E-state index contributed by atoms with van der Waals surface area (Å²) in [6.45, 7) is 5.81. The van der Waals surface area contributed by atoms with E-state index in [1.807, 2.05) is 21.7 Å². The minimum Gasteiger partial charge on any atom is -0.454 e. The summed E-state index contributed by atoms with van der Waals surface area (Å²) < 4.78 is 13.2. The molecule has 4 heterocycles. The molecule has 0 saturated carbocycles. The molecule has 2 aromatic heterocycles. The number of furan rings is 1. The van der Waals surface area contributed by atoms with Crippen molar-refractivity contribution in [2.75, 3.05) is 39.4 Å². The smallest absolute Gasteiger partial charge is 0.289 e. The summed E-state index contributed by atoms with van der Waals surface area (Å²) in [4.78, 5) is 21.5. The van der Waals surface area contributed by atoms with Crippen LogP contribution in [-0.2, 0) is 11.3 Å². The van der Waals surface area contributed by atoms with E-state index in [1.54, 1.807) is 18.6 Å². The summed E-state index contributed by atoms with van der Waals surface area (Å²) in [5, 5.41) is 0. The van der Waals surface area contributed by atoms with E-state index in [0.717, 1.165) is 58.0 Å². The molecular weight excluding hydrogens is 332 g/mol. The number of morpholine rings is 1. The molecule has 0 N–H and O–H groups in total. The number of piperidine rings is 1. The average molecular weight is 358 g/mol. The minimum atomic E-state index is 0.0137. The maximum absolute atomic E-state index is 13.0. The van der Waals surface area contributed by atoms with E-state index in [2.05, 4.69) is 9.88 Å². The van der Waals surface area contributed by atoms with E-state index in [4.69, 9.17) is 9.15 Å². The Bertz CT molecular complexity index is 706. The summed E-state index contributed by atoms with van der Waals surface area (Å²) >= 11 is 0. The van der Waals surface area contributed by atoms with E-state index in [9.17, 15) is 4.79 Å². The monoisotopic (exact) mass is 358 g/mol. The topological polar surface area (TPSA) is 63.7 Å². The van der Waals surface area contributed by atoms with Crippen LogP contribution in [0.15, 0.2) is 35.3 Å². The molecule has 0 bridgehead atoms. The molecule has 4 rings (SSSR count). The fraction of sp³-hybridized carbons (Fsp3) is 0.579. The van der Waals surface area contributed by atoms with Gasteiger partial charge in [-0.3, -0.25) is 9.69 Å². The minimum absolute atomic E-state index is 0.0137. The van der Waals surface area contributed by atoms with Crippen LogP contribution in [0, 0.1) is 0 Å². The number of aromatic nitrogens is 2. The number of carbonyl (C=O) groups excluding carboxylic acids is 1. The third kappa shape index (κ3) is 3.99. The number of carbonyl (C=O) groups is 1. The van der Waals surface area contributed by atoms with Crippen molar-refractivity contribution in [2.45, 2.75) is 31.8 Å². The highest BCUT2D eigenvalue weighted by Crippen LogP contribution is 2.22. The fourth-order valence-electron chi connectivity index (χ4n) is 3.82. The van der Waals surface area contributed by atoms with Crippen molar-refractivity contribution in [3.05, 3.63) is 42.4 Å². The van der Waals surface area contributed by atoms with Gasteiger partial charge in [-0.2, -0.15) is 0 Å². The third-order valence-corrected chi connectivity index (χ3v) is 5.23. The van der Waals surface area contributed by atoms with Crippen LogP contribution in [0.25, 0.3) is 0 Å². The molecule has 0 unspecified atom stereocenters. The maximum atomic E-state index is 13.0. The van der Waals surface area contributed by atoms with Gasteiger partial charge >= 0.3 is 0 Å². The van der Waals surface area contributed by atoms with Crippen molar-refractivity contribution in [1.29, 1.82) is 0 Å². The van der Waals surface area contributed by atoms with Gasteiger partial charge in [0, 0.05) is 44.6 Å². The van der Waals surface area contributed by atoms with Gasteiger partial charge < -0.3 is 18.6 Å². The van der Waals surface area contributed by atoms with Crippen LogP contribution in [0.1, 0.15) is 35.6 Å². The Morgan fingerprint density at radius 3 is 2.88 bits per heavy atom. The van der Waals surface area contributed by atoms with Crippen molar-refractivity contribution in [3.63, 3.8) is 0 Å². The first-order valence-corrected chi connectivity index (χ1v) is 9.45. The molecule has 2 fully saturated rings. The van der Waals surface area contributed by atoms with Crippen LogP contribution in [0.5, 0.6) is 0 Å². The number of nitrogens with zero attached hydrogens (tertiary/aromatic N) is 4. The zero-order chi connectivity index (χ0) is 17.8. The second-order valence-electron chi connectivity index (χ2n) is 7.06. The molecule has 0 radical (unpaired) electrons. The van der Waals surface area contributed by atoms with Crippen molar-refractivity contribution < 1.29 is 13.9 Å². The number of hydrogen-bond acceptors (Lipinski definition) is 5. The summed E-state index contributed by atoms with van der Waals surface area (Å²) in [6.07, 6.45) is 8.67. The second-order valence-corrected chi connectivity index (χ2v) is 7.06. The summed E-state index contributed by atoms with van der Waals surface area (Å²) in [5.74, 6) is 1.22. The van der Waals surface area contributed by atoms with Gasteiger partial charge in [0.05, 0.1) is 26.1 Å². The Morgan fingerprint density at radius 1 is 1.19 bits per heavy atom. The number of hydrogen-bond donors (Lipinski definition) is 0. The van der Waals surface area contributed by atoms with Crippen LogP contribution in [0.4, 0.5) is 0 Å². The lowest BCUT2D eigenvalue weighted by Gasteiger charge is -2.39. The van der Waals surface area contributed by atoms with Crippen LogP contribution in [0.2, 0.25) is 0 Å². The first-order valence-electron chi connectivity index (χ1n) is 9.45. The normalized spacial score (nSPS) is 21.8. The number of imidazole rings is 1. The van der Waals surface area contributed by atoms with Gasteiger partial charge in [0.1, 0.15) is 5.76 Å². The largest absolute Gasteiger partial charge is 0.454 e. The highest BCUT2D eigenvalue weighted by atomic mass is 16.5. The van der Waals surface area contributed by atoms with Gasteiger partial charge in [-0.15, -0.1) is 0 Å². The predicted octanol–water partition coefficient (Wildman–Crippen LogP) is 1.85. The molecule has 0 aromatic carbocycles. The first-order chi connectivity index (χ1) is 12.8. The Balaban J connectivity index is 1.42. The van der Waals surface area contributed by atoms with Crippen LogP contribution < -0.4 is 0 Å². The first kappa shape index (κ1) is 17.3. The molecule has 2 aliphatic heterocycles. The molecule has 2 aromatic rings. The lowest BCUT2D eigenvalue weighted by atomic mass is 10.0. The van der Waals surface area contributed by atoms with Crippen LogP contribution in [-0.4, -0.2) is 70.7 Å². The quantitative estimate of drug-likeness (QED) is 0.816. The van der Waals surface area contributed by atoms with Gasteiger partial charge in [0.15, 0.2) is 5.76 Å². The lowest BCUT2D eigenvalue weighted by molar-refractivity contribution is 0.0158. The molecule has 0 spiro atoms. The molecule has 2 aliphatic rings. The predicted molar refractivity (Wildman–Crippen MR) is 96.0 cm³/mol. The molecule has 26 heavy (non-hydrogen) atoms. The lowest BCUT2D eigenvalue weighted by Crippen LogP contribution is -2.51. The molecule has 7 heteroatoms. The molecule has 7 nitrogen and oxygen atoms in total. The van der Waals surface area contributed by atoms with E-state index >= 15 is 0 Å². The highest BCUT2D eigenvalue weighted by molar-refractivity contribution is 5.91. The number of rotatable bonds is 5. The number of likely N-dealkylation sites (tertiary alicyclic amines) is 1. The van der Waals surface area contributed by atoms with Crippen molar-refractivity contribution in [2.24, 2.45) is 0 Å². The zero-order valence-electron chi connectivity index (χ0n) is 15.0. The molecule has 2 saturated heterocycles. The maximum Gasteiger partial charge on any atom is 0.289 e. The molecular formula is C19H26N4O3.